The summed E-state index contributed by atoms with van der Waals surface area (Å²) in [4.78, 5) is 38.8. The Morgan fingerprint density at radius 1 is 1.29 bits per heavy atom. The highest BCUT2D eigenvalue weighted by atomic mass is 16.5. The highest BCUT2D eigenvalue weighted by Gasteiger charge is 2.67. The first-order valence-corrected chi connectivity index (χ1v) is 10.7. The number of fused-ring (bicyclic) bond motifs is 1. The van der Waals surface area contributed by atoms with E-state index in [-0.39, 0.29) is 17.9 Å². The molecule has 2 aromatic heterocycles. The van der Waals surface area contributed by atoms with E-state index in [0.717, 1.165) is 23.2 Å². The lowest BCUT2D eigenvalue weighted by atomic mass is 9.76. The molecule has 4 atom stereocenters. The minimum absolute atomic E-state index is 0.0205. The van der Waals surface area contributed by atoms with Crippen LogP contribution in [-0.2, 0) is 33.8 Å². The monoisotopic (exact) mass is 418 g/mol. The number of pyridine rings is 2. The highest BCUT2D eigenvalue weighted by molar-refractivity contribution is 5.93. The van der Waals surface area contributed by atoms with Gasteiger partial charge in [0.15, 0.2) is 0 Å². The Bertz CT molecular complexity index is 1020. The number of amides is 2. The zero-order chi connectivity index (χ0) is 21.6. The highest BCUT2D eigenvalue weighted by Crippen LogP contribution is 2.52. The molecular weight excluding hydrogens is 392 g/mol. The molecule has 2 aromatic rings. The molecule has 2 saturated heterocycles. The molecule has 5 rings (SSSR count). The van der Waals surface area contributed by atoms with Gasteiger partial charge in [-0.2, -0.15) is 0 Å². The summed E-state index contributed by atoms with van der Waals surface area (Å²) in [5, 5.41) is 0. The number of hydrogen-bond donors (Lipinski definition) is 0. The first-order chi connectivity index (χ1) is 15.0. The average Bonchev–Trinajstić information content (AvgIpc) is 3.43. The summed E-state index contributed by atoms with van der Waals surface area (Å²) in [7, 11) is 1.77. The fraction of sp³-hybridized carbons (Fsp3) is 0.417. The van der Waals surface area contributed by atoms with Gasteiger partial charge in [-0.1, -0.05) is 31.2 Å². The van der Waals surface area contributed by atoms with Gasteiger partial charge in [-0.3, -0.25) is 19.6 Å². The van der Waals surface area contributed by atoms with E-state index in [9.17, 15) is 9.59 Å². The molecule has 0 radical (unpaired) electrons. The first kappa shape index (κ1) is 19.9. The molecule has 2 bridgehead atoms. The number of carbonyl (C=O) groups excluding carboxylic acids is 2. The van der Waals surface area contributed by atoms with E-state index in [0.29, 0.717) is 19.6 Å². The lowest BCUT2D eigenvalue weighted by Crippen LogP contribution is -2.44. The van der Waals surface area contributed by atoms with Crippen molar-refractivity contribution in [3.05, 3.63) is 71.8 Å². The molecule has 160 valence electrons. The number of hydrogen-bond acceptors (Lipinski definition) is 5. The number of rotatable bonds is 6. The Morgan fingerprint density at radius 3 is 2.87 bits per heavy atom. The smallest absolute Gasteiger partial charge is 0.230 e. The number of ether oxygens (including phenoxy) is 1. The van der Waals surface area contributed by atoms with Crippen LogP contribution in [-0.4, -0.2) is 56.9 Å². The topological polar surface area (TPSA) is 75.6 Å². The van der Waals surface area contributed by atoms with E-state index in [1.54, 1.807) is 29.2 Å². The minimum Gasteiger partial charge on any atom is -0.360 e. The second-order valence-electron chi connectivity index (χ2n) is 8.66. The average molecular weight is 418 g/mol. The summed E-state index contributed by atoms with van der Waals surface area (Å²) in [6.07, 6.45) is 9.84. The third-order valence-electron chi connectivity index (χ3n) is 6.63. The number of nitrogens with zero attached hydrogens (tertiary/aromatic N) is 4. The fourth-order valence-electron chi connectivity index (χ4n) is 5.04. The maximum atomic E-state index is 13.4. The predicted octanol–water partition coefficient (Wildman–Crippen LogP) is 1.98. The van der Waals surface area contributed by atoms with E-state index in [1.165, 1.54) is 0 Å². The third kappa shape index (κ3) is 3.33. The van der Waals surface area contributed by atoms with Crippen LogP contribution in [0.5, 0.6) is 0 Å². The molecule has 0 saturated carbocycles. The van der Waals surface area contributed by atoms with E-state index in [1.807, 2.05) is 42.6 Å². The van der Waals surface area contributed by atoms with Crippen LogP contribution in [0.2, 0.25) is 0 Å². The summed E-state index contributed by atoms with van der Waals surface area (Å²) in [5.74, 6) is -1.08. The normalized spacial score (nSPS) is 28.3. The number of aromatic nitrogens is 2. The molecule has 0 N–H and O–H groups in total. The number of likely N-dealkylation sites (tertiary alicyclic amines) is 1. The van der Waals surface area contributed by atoms with Crippen molar-refractivity contribution in [3.63, 3.8) is 0 Å². The summed E-state index contributed by atoms with van der Waals surface area (Å²) < 4.78 is 6.23. The zero-order valence-electron chi connectivity index (χ0n) is 17.8. The van der Waals surface area contributed by atoms with Gasteiger partial charge in [-0.25, -0.2) is 0 Å². The van der Waals surface area contributed by atoms with Crippen molar-refractivity contribution in [1.29, 1.82) is 0 Å². The van der Waals surface area contributed by atoms with Gasteiger partial charge in [0, 0.05) is 32.2 Å². The Morgan fingerprint density at radius 2 is 2.16 bits per heavy atom. The largest absolute Gasteiger partial charge is 0.360 e. The number of carbonyl (C=O) groups is 2. The summed E-state index contributed by atoms with van der Waals surface area (Å²) in [5.41, 5.74) is 2.26. The van der Waals surface area contributed by atoms with Crippen molar-refractivity contribution in [1.82, 2.24) is 19.8 Å². The van der Waals surface area contributed by atoms with Crippen LogP contribution in [0, 0.1) is 11.8 Å². The molecule has 3 aliphatic heterocycles. The molecule has 2 amide bonds. The maximum absolute atomic E-state index is 13.4. The second kappa shape index (κ2) is 7.57. The van der Waals surface area contributed by atoms with Crippen LogP contribution in [0.1, 0.15) is 23.7 Å². The standard InChI is InChI=1S/C24H26N4O3/c1-3-16-6-7-18(26-12-16)14-27(2)22(29)20-19-8-9-24(31-19)15-28(23(30)21(20)24)13-17-5-4-10-25-11-17/h4-12,19-21H,3,13-15H2,1-2H3/t19-,20?,21?,24-/m0/s1. The maximum Gasteiger partial charge on any atom is 0.230 e. The molecule has 5 heterocycles. The SMILES string of the molecule is CCc1ccc(CN(C)C(=O)C2C3C(=O)N(Cc4cccnc4)C[C@@]34C=C[C@@H]2O4)nc1. The van der Waals surface area contributed by atoms with E-state index < -0.39 is 17.4 Å². The molecule has 2 fully saturated rings. The van der Waals surface area contributed by atoms with Crippen molar-refractivity contribution >= 4 is 11.8 Å². The molecule has 7 nitrogen and oxygen atoms in total. The lowest BCUT2D eigenvalue weighted by Gasteiger charge is -2.27. The Labute approximate surface area is 181 Å². The molecular formula is C24H26N4O3. The molecule has 0 aromatic carbocycles. The molecule has 7 heteroatoms. The summed E-state index contributed by atoms with van der Waals surface area (Å²) in [6.45, 7) is 3.42. The molecule has 31 heavy (non-hydrogen) atoms. The molecule has 0 aliphatic carbocycles. The van der Waals surface area contributed by atoms with Crippen LogP contribution in [0.4, 0.5) is 0 Å². The fourth-order valence-corrected chi connectivity index (χ4v) is 5.04. The summed E-state index contributed by atoms with van der Waals surface area (Å²) in [6, 6.07) is 7.81. The Hall–Kier alpha value is -3.06. The van der Waals surface area contributed by atoms with Gasteiger partial charge >= 0.3 is 0 Å². The lowest BCUT2D eigenvalue weighted by molar-refractivity contribution is -0.142. The van der Waals surface area contributed by atoms with Gasteiger partial charge < -0.3 is 14.5 Å². The molecule has 3 aliphatic rings. The van der Waals surface area contributed by atoms with Crippen LogP contribution in [0.15, 0.2) is 55.0 Å². The second-order valence-corrected chi connectivity index (χ2v) is 8.66. The Balaban J connectivity index is 1.33. The first-order valence-electron chi connectivity index (χ1n) is 10.7. The van der Waals surface area contributed by atoms with Gasteiger partial charge in [-0.05, 0) is 29.7 Å². The molecule has 1 spiro atoms. The van der Waals surface area contributed by atoms with Gasteiger partial charge in [0.2, 0.25) is 11.8 Å². The third-order valence-corrected chi connectivity index (χ3v) is 6.63. The number of aryl methyl sites for hydroxylation is 1. The van der Waals surface area contributed by atoms with Crippen molar-refractivity contribution in [2.75, 3.05) is 13.6 Å². The van der Waals surface area contributed by atoms with Crippen LogP contribution < -0.4 is 0 Å². The Kier molecular flexibility index (Phi) is 4.85. The predicted molar refractivity (Wildman–Crippen MR) is 113 cm³/mol. The van der Waals surface area contributed by atoms with E-state index in [4.69, 9.17) is 4.74 Å². The minimum atomic E-state index is -0.702. The van der Waals surface area contributed by atoms with E-state index >= 15 is 0 Å². The van der Waals surface area contributed by atoms with Crippen LogP contribution in [0.25, 0.3) is 0 Å². The van der Waals surface area contributed by atoms with Gasteiger partial charge in [0.1, 0.15) is 5.60 Å². The van der Waals surface area contributed by atoms with Gasteiger partial charge in [0.05, 0.1) is 36.7 Å². The van der Waals surface area contributed by atoms with Crippen molar-refractivity contribution in [2.24, 2.45) is 11.8 Å². The van der Waals surface area contributed by atoms with Crippen molar-refractivity contribution in [3.8, 4) is 0 Å². The van der Waals surface area contributed by atoms with Gasteiger partial charge in [-0.15, -0.1) is 0 Å². The van der Waals surface area contributed by atoms with E-state index in [2.05, 4.69) is 16.9 Å². The zero-order valence-corrected chi connectivity index (χ0v) is 17.8. The van der Waals surface area contributed by atoms with Crippen LogP contribution >= 0.6 is 0 Å². The quantitative estimate of drug-likeness (QED) is 0.671. The van der Waals surface area contributed by atoms with Crippen molar-refractivity contribution in [2.45, 2.75) is 38.1 Å². The summed E-state index contributed by atoms with van der Waals surface area (Å²) >= 11 is 0. The van der Waals surface area contributed by atoms with Gasteiger partial charge in [0.25, 0.3) is 0 Å². The van der Waals surface area contributed by atoms with Crippen molar-refractivity contribution < 1.29 is 14.3 Å². The molecule has 2 unspecified atom stereocenters. The van der Waals surface area contributed by atoms with Crippen LogP contribution in [0.3, 0.4) is 0 Å².